The Bertz CT molecular complexity index is 755. The molecular weight excluding hydrogens is 409 g/mol. The van der Waals surface area contributed by atoms with E-state index in [0.717, 1.165) is 6.07 Å². The van der Waals surface area contributed by atoms with Gasteiger partial charge in [0.05, 0.1) is 22.8 Å². The predicted octanol–water partition coefficient (Wildman–Crippen LogP) is 2.62. The lowest BCUT2D eigenvalue weighted by atomic mass is 10.2. The van der Waals surface area contributed by atoms with Crippen LogP contribution in [0.25, 0.3) is 0 Å². The highest BCUT2D eigenvalue weighted by Crippen LogP contribution is 2.21. The van der Waals surface area contributed by atoms with E-state index in [-0.39, 0.29) is 10.5 Å². The van der Waals surface area contributed by atoms with Crippen LogP contribution in [0.3, 0.4) is 0 Å². The molecule has 6 nitrogen and oxygen atoms in total. The molecule has 0 spiro atoms. The molecule has 2 rings (SSSR count). The minimum atomic E-state index is -3.84. The Hall–Kier alpha value is -1.39. The first-order chi connectivity index (χ1) is 9.81. The SMILES string of the molecule is C[C@@H](NS(=O)(=O)c1ccc(I)c(C(=O)O)c1)c1ccco1. The van der Waals surface area contributed by atoms with Gasteiger partial charge in [-0.2, -0.15) is 0 Å². The topological polar surface area (TPSA) is 96.6 Å². The molecule has 21 heavy (non-hydrogen) atoms. The molecule has 8 heteroatoms. The molecular formula is C13H12INO5S. The summed E-state index contributed by atoms with van der Waals surface area (Å²) in [6.45, 7) is 1.64. The van der Waals surface area contributed by atoms with Crippen molar-refractivity contribution in [1.29, 1.82) is 0 Å². The second-order valence-electron chi connectivity index (χ2n) is 4.31. The number of furan rings is 1. The molecule has 0 saturated heterocycles. The molecule has 0 radical (unpaired) electrons. The third-order valence-corrected chi connectivity index (χ3v) is 5.26. The Morgan fingerprint density at radius 3 is 2.67 bits per heavy atom. The summed E-state index contributed by atoms with van der Waals surface area (Å²) in [5.41, 5.74) is -0.0517. The average Bonchev–Trinajstić information content (AvgIpc) is 2.92. The number of sulfonamides is 1. The molecule has 0 aliphatic rings. The van der Waals surface area contributed by atoms with E-state index in [0.29, 0.717) is 9.33 Å². The van der Waals surface area contributed by atoms with Crippen LogP contribution in [0.5, 0.6) is 0 Å². The number of halogens is 1. The summed E-state index contributed by atoms with van der Waals surface area (Å²) < 4.78 is 32.6. The fourth-order valence-electron chi connectivity index (χ4n) is 1.73. The third-order valence-electron chi connectivity index (χ3n) is 2.78. The van der Waals surface area contributed by atoms with E-state index in [9.17, 15) is 13.2 Å². The van der Waals surface area contributed by atoms with E-state index in [4.69, 9.17) is 9.52 Å². The maximum atomic E-state index is 12.3. The van der Waals surface area contributed by atoms with Gasteiger partial charge in [-0.3, -0.25) is 0 Å². The van der Waals surface area contributed by atoms with Crippen LogP contribution >= 0.6 is 22.6 Å². The van der Waals surface area contributed by atoms with Gasteiger partial charge in [0.1, 0.15) is 5.76 Å². The van der Waals surface area contributed by atoms with E-state index >= 15 is 0 Å². The molecule has 0 amide bonds. The molecule has 0 aliphatic heterocycles. The van der Waals surface area contributed by atoms with Gasteiger partial charge >= 0.3 is 5.97 Å². The summed E-state index contributed by atoms with van der Waals surface area (Å²) in [7, 11) is -3.84. The number of nitrogens with one attached hydrogen (secondary N) is 1. The molecule has 2 aromatic rings. The fraction of sp³-hybridized carbons (Fsp3) is 0.154. The number of carboxylic acid groups (broad SMARTS) is 1. The van der Waals surface area contributed by atoms with E-state index in [2.05, 4.69) is 4.72 Å². The minimum absolute atomic E-state index is 0.0517. The Labute approximate surface area is 135 Å². The molecule has 0 aliphatic carbocycles. The van der Waals surface area contributed by atoms with E-state index in [1.807, 2.05) is 22.6 Å². The van der Waals surface area contributed by atoms with Crippen LogP contribution in [0, 0.1) is 3.57 Å². The molecule has 0 saturated carbocycles. The van der Waals surface area contributed by atoms with Gasteiger partial charge in [0.2, 0.25) is 10.0 Å². The summed E-state index contributed by atoms with van der Waals surface area (Å²) in [5.74, 6) is -0.696. The number of aromatic carboxylic acids is 1. The highest BCUT2D eigenvalue weighted by molar-refractivity contribution is 14.1. The van der Waals surface area contributed by atoms with Gasteiger partial charge in [-0.25, -0.2) is 17.9 Å². The first-order valence-electron chi connectivity index (χ1n) is 5.90. The maximum absolute atomic E-state index is 12.3. The zero-order valence-corrected chi connectivity index (χ0v) is 13.9. The van der Waals surface area contributed by atoms with Crippen LogP contribution < -0.4 is 4.72 Å². The molecule has 0 unspecified atom stereocenters. The largest absolute Gasteiger partial charge is 0.478 e. The number of benzene rings is 1. The van der Waals surface area contributed by atoms with Crippen molar-refractivity contribution in [1.82, 2.24) is 4.72 Å². The lowest BCUT2D eigenvalue weighted by molar-refractivity contribution is 0.0695. The number of hydrogen-bond donors (Lipinski definition) is 2. The molecule has 1 aromatic carbocycles. The number of hydrogen-bond acceptors (Lipinski definition) is 4. The van der Waals surface area contributed by atoms with Crippen LogP contribution in [0.2, 0.25) is 0 Å². The highest BCUT2D eigenvalue weighted by atomic mass is 127. The summed E-state index contributed by atoms with van der Waals surface area (Å²) in [5, 5.41) is 9.05. The van der Waals surface area contributed by atoms with Crippen LogP contribution in [-0.4, -0.2) is 19.5 Å². The third kappa shape index (κ3) is 3.63. The minimum Gasteiger partial charge on any atom is -0.478 e. The molecule has 1 aromatic heterocycles. The van der Waals surface area contributed by atoms with Gasteiger partial charge in [0.25, 0.3) is 0 Å². The zero-order chi connectivity index (χ0) is 15.6. The highest BCUT2D eigenvalue weighted by Gasteiger charge is 2.22. The molecule has 2 N–H and O–H groups in total. The van der Waals surface area contributed by atoms with Crippen molar-refractivity contribution >= 4 is 38.6 Å². The monoisotopic (exact) mass is 421 g/mol. The van der Waals surface area contributed by atoms with Crippen LogP contribution in [0.4, 0.5) is 0 Å². The summed E-state index contributed by atoms with van der Waals surface area (Å²) >= 11 is 1.84. The summed E-state index contributed by atoms with van der Waals surface area (Å²) in [6.07, 6.45) is 1.45. The quantitative estimate of drug-likeness (QED) is 0.724. The van der Waals surface area contributed by atoms with E-state index < -0.39 is 22.0 Å². The first-order valence-corrected chi connectivity index (χ1v) is 8.46. The van der Waals surface area contributed by atoms with E-state index in [1.54, 1.807) is 19.1 Å². The van der Waals surface area contributed by atoms with Crippen LogP contribution in [0.1, 0.15) is 29.1 Å². The Kier molecular flexibility index (Phi) is 4.69. The Balaban J connectivity index is 2.32. The van der Waals surface area contributed by atoms with Crippen LogP contribution in [0.15, 0.2) is 45.9 Å². The van der Waals surface area contributed by atoms with Gasteiger partial charge in [-0.1, -0.05) is 0 Å². The predicted molar refractivity (Wildman–Crippen MR) is 83.6 cm³/mol. The molecule has 0 fully saturated rings. The molecule has 0 bridgehead atoms. The van der Waals surface area contributed by atoms with Crippen molar-refractivity contribution in [2.75, 3.05) is 0 Å². The van der Waals surface area contributed by atoms with Crippen LogP contribution in [-0.2, 0) is 10.0 Å². The number of carbonyl (C=O) groups is 1. The standard InChI is InChI=1S/C13H12INO5S/c1-8(12-3-2-6-20-12)15-21(18,19)9-4-5-11(14)10(7-9)13(16)17/h2-8,15H,1H3,(H,16,17)/t8-/m1/s1. The molecule has 1 atom stereocenters. The second-order valence-corrected chi connectivity index (χ2v) is 7.18. The average molecular weight is 421 g/mol. The normalized spacial score (nSPS) is 13.0. The van der Waals surface area contributed by atoms with Crippen molar-refractivity contribution in [2.24, 2.45) is 0 Å². The zero-order valence-electron chi connectivity index (χ0n) is 10.9. The molecule has 1 heterocycles. The Morgan fingerprint density at radius 1 is 1.38 bits per heavy atom. The first kappa shape index (κ1) is 16.0. The van der Waals surface area contributed by atoms with Crippen molar-refractivity contribution in [3.05, 3.63) is 51.5 Å². The Morgan fingerprint density at radius 2 is 2.10 bits per heavy atom. The maximum Gasteiger partial charge on any atom is 0.336 e. The van der Waals surface area contributed by atoms with Crippen molar-refractivity contribution < 1.29 is 22.7 Å². The smallest absolute Gasteiger partial charge is 0.336 e. The van der Waals surface area contributed by atoms with Crippen molar-refractivity contribution in [2.45, 2.75) is 17.9 Å². The fourth-order valence-corrected chi connectivity index (χ4v) is 3.54. The van der Waals surface area contributed by atoms with Gasteiger partial charge in [0, 0.05) is 3.57 Å². The van der Waals surface area contributed by atoms with Gasteiger partial charge in [-0.15, -0.1) is 0 Å². The van der Waals surface area contributed by atoms with Crippen molar-refractivity contribution in [3.8, 4) is 0 Å². The number of carboxylic acids is 1. The van der Waals surface area contributed by atoms with Gasteiger partial charge in [0.15, 0.2) is 0 Å². The second kappa shape index (κ2) is 6.16. The number of rotatable bonds is 5. The van der Waals surface area contributed by atoms with Crippen molar-refractivity contribution in [3.63, 3.8) is 0 Å². The lowest BCUT2D eigenvalue weighted by Gasteiger charge is -2.12. The summed E-state index contributed by atoms with van der Waals surface area (Å²) in [6, 6.07) is 6.72. The molecule has 112 valence electrons. The van der Waals surface area contributed by atoms with Gasteiger partial charge in [-0.05, 0) is 59.8 Å². The summed E-state index contributed by atoms with van der Waals surface area (Å²) in [4.78, 5) is 11.0. The lowest BCUT2D eigenvalue weighted by Crippen LogP contribution is -2.27. The van der Waals surface area contributed by atoms with E-state index in [1.165, 1.54) is 18.4 Å². The van der Waals surface area contributed by atoms with Gasteiger partial charge < -0.3 is 9.52 Å².